The zero-order valence-electron chi connectivity index (χ0n) is 10.6. The van der Waals surface area contributed by atoms with E-state index in [0.29, 0.717) is 22.8 Å². The summed E-state index contributed by atoms with van der Waals surface area (Å²) in [5.74, 6) is 0.145. The second-order valence-electron chi connectivity index (χ2n) is 4.33. The molecule has 6 nitrogen and oxygen atoms in total. The minimum absolute atomic E-state index is 0.0446. The van der Waals surface area contributed by atoms with Crippen molar-refractivity contribution in [2.45, 2.75) is 11.8 Å². The molecule has 7 heteroatoms. The van der Waals surface area contributed by atoms with Crippen LogP contribution in [0.25, 0.3) is 0 Å². The molecule has 2 aromatic rings. The molecule has 0 aliphatic carbocycles. The highest BCUT2D eigenvalue weighted by atomic mass is 32.2. The van der Waals surface area contributed by atoms with Gasteiger partial charge < -0.3 is 15.2 Å². The van der Waals surface area contributed by atoms with Gasteiger partial charge in [0, 0.05) is 16.6 Å². The van der Waals surface area contributed by atoms with E-state index in [1.165, 1.54) is 11.8 Å². The van der Waals surface area contributed by atoms with Crippen LogP contribution >= 0.6 is 11.8 Å². The van der Waals surface area contributed by atoms with Gasteiger partial charge in [-0.3, -0.25) is 9.59 Å². The summed E-state index contributed by atoms with van der Waals surface area (Å²) >= 11 is 1.47. The van der Waals surface area contributed by atoms with E-state index in [1.807, 2.05) is 6.07 Å². The third-order valence-corrected chi connectivity index (χ3v) is 3.80. The summed E-state index contributed by atoms with van der Waals surface area (Å²) in [6, 6.07) is 6.93. The lowest BCUT2D eigenvalue weighted by Gasteiger charge is -2.17. The van der Waals surface area contributed by atoms with Crippen molar-refractivity contribution in [1.29, 1.82) is 0 Å². The predicted octanol–water partition coefficient (Wildman–Crippen LogP) is 2.28. The summed E-state index contributed by atoms with van der Waals surface area (Å²) in [7, 11) is 0. The lowest BCUT2D eigenvalue weighted by atomic mass is 10.2. The number of amides is 2. The van der Waals surface area contributed by atoms with Gasteiger partial charge in [0.15, 0.2) is 0 Å². The van der Waals surface area contributed by atoms with E-state index in [4.69, 9.17) is 4.52 Å². The first-order chi connectivity index (χ1) is 9.61. The van der Waals surface area contributed by atoms with Crippen molar-refractivity contribution < 1.29 is 14.1 Å². The van der Waals surface area contributed by atoms with Crippen LogP contribution in [0.2, 0.25) is 0 Å². The Bertz CT molecular complexity index is 696. The van der Waals surface area contributed by atoms with Crippen LogP contribution in [-0.2, 0) is 4.79 Å². The van der Waals surface area contributed by atoms with Crippen LogP contribution in [-0.4, -0.2) is 22.7 Å². The summed E-state index contributed by atoms with van der Waals surface area (Å²) in [6.45, 7) is 1.74. The van der Waals surface area contributed by atoms with Crippen molar-refractivity contribution in [3.8, 4) is 0 Å². The smallest absolute Gasteiger partial charge is 0.294 e. The van der Waals surface area contributed by atoms with Crippen molar-refractivity contribution in [1.82, 2.24) is 5.16 Å². The average Bonchev–Trinajstić information content (AvgIpc) is 2.85. The second kappa shape index (κ2) is 5.01. The van der Waals surface area contributed by atoms with Gasteiger partial charge in [-0.05, 0) is 25.1 Å². The normalized spacial score (nSPS) is 13.6. The minimum atomic E-state index is -0.375. The topological polar surface area (TPSA) is 84.2 Å². The summed E-state index contributed by atoms with van der Waals surface area (Å²) in [5.41, 5.74) is 1.94. The highest BCUT2D eigenvalue weighted by Crippen LogP contribution is 2.33. The Balaban J connectivity index is 1.80. The number of rotatable bonds is 2. The number of thioether (sulfide) groups is 1. The highest BCUT2D eigenvalue weighted by Gasteiger charge is 2.17. The van der Waals surface area contributed by atoms with Gasteiger partial charge in [0.05, 0.1) is 17.1 Å². The summed E-state index contributed by atoms with van der Waals surface area (Å²) in [4.78, 5) is 24.2. The van der Waals surface area contributed by atoms with Crippen LogP contribution in [0.4, 0.5) is 11.4 Å². The number of benzene rings is 1. The van der Waals surface area contributed by atoms with Gasteiger partial charge in [-0.15, -0.1) is 11.8 Å². The maximum Gasteiger partial charge on any atom is 0.294 e. The van der Waals surface area contributed by atoms with Gasteiger partial charge in [0.25, 0.3) is 5.91 Å². The lowest BCUT2D eigenvalue weighted by molar-refractivity contribution is -0.113. The molecule has 0 atom stereocenters. The van der Waals surface area contributed by atoms with Crippen LogP contribution in [0.3, 0.4) is 0 Å². The van der Waals surface area contributed by atoms with Crippen LogP contribution in [0.1, 0.15) is 16.2 Å². The first-order valence-corrected chi connectivity index (χ1v) is 6.92. The first kappa shape index (κ1) is 12.7. The molecule has 1 aromatic heterocycles. The number of aromatic nitrogens is 1. The van der Waals surface area contributed by atoms with E-state index in [1.54, 1.807) is 25.1 Å². The van der Waals surface area contributed by atoms with Crippen molar-refractivity contribution >= 4 is 35.0 Å². The van der Waals surface area contributed by atoms with Gasteiger partial charge in [-0.25, -0.2) is 0 Å². The van der Waals surface area contributed by atoms with Crippen molar-refractivity contribution in [3.63, 3.8) is 0 Å². The molecule has 2 amide bonds. The molecule has 0 unspecified atom stereocenters. The number of anilines is 2. The number of fused-ring (bicyclic) bond motifs is 1. The largest absolute Gasteiger partial charge is 0.351 e. The molecule has 0 spiro atoms. The second-order valence-corrected chi connectivity index (χ2v) is 5.35. The molecule has 0 radical (unpaired) electrons. The van der Waals surface area contributed by atoms with E-state index < -0.39 is 0 Å². The van der Waals surface area contributed by atoms with Gasteiger partial charge in [-0.1, -0.05) is 5.16 Å². The van der Waals surface area contributed by atoms with Crippen LogP contribution in [0, 0.1) is 6.92 Å². The predicted molar refractivity (Wildman–Crippen MR) is 75.0 cm³/mol. The Morgan fingerprint density at radius 2 is 2.30 bits per heavy atom. The van der Waals surface area contributed by atoms with Crippen LogP contribution in [0.15, 0.2) is 33.7 Å². The summed E-state index contributed by atoms with van der Waals surface area (Å²) in [5, 5.41) is 9.14. The van der Waals surface area contributed by atoms with E-state index in [9.17, 15) is 9.59 Å². The molecule has 0 fully saturated rings. The van der Waals surface area contributed by atoms with Crippen LogP contribution < -0.4 is 10.6 Å². The third-order valence-electron chi connectivity index (χ3n) is 2.72. The van der Waals surface area contributed by atoms with Crippen LogP contribution in [0.5, 0.6) is 0 Å². The Morgan fingerprint density at radius 1 is 1.45 bits per heavy atom. The molecule has 1 aromatic carbocycles. The molecule has 0 saturated heterocycles. The van der Waals surface area contributed by atoms with Crippen molar-refractivity contribution in [2.75, 3.05) is 16.4 Å². The first-order valence-electron chi connectivity index (χ1n) is 5.93. The number of aryl methyl sites for hydroxylation is 1. The number of carbonyl (C=O) groups excluding carboxylic acids is 2. The van der Waals surface area contributed by atoms with Crippen molar-refractivity contribution in [2.24, 2.45) is 0 Å². The molecule has 0 saturated carbocycles. The maximum absolute atomic E-state index is 11.9. The molecule has 1 aliphatic rings. The molecule has 102 valence electrons. The third kappa shape index (κ3) is 2.53. The molecule has 20 heavy (non-hydrogen) atoms. The molecule has 2 N–H and O–H groups in total. The Labute approximate surface area is 118 Å². The lowest BCUT2D eigenvalue weighted by Crippen LogP contribution is -2.19. The number of carbonyl (C=O) groups is 2. The van der Waals surface area contributed by atoms with E-state index >= 15 is 0 Å². The number of hydrogen-bond donors (Lipinski definition) is 2. The summed E-state index contributed by atoms with van der Waals surface area (Å²) in [6.07, 6.45) is 0. The standard InChI is InChI=1S/C13H11N3O3S/c1-7-4-10(19-16-7)13(18)14-8-2-3-11-9(5-8)15-12(17)6-20-11/h2-5H,6H2,1H3,(H,14,18)(H,15,17). The number of hydrogen-bond acceptors (Lipinski definition) is 5. The molecule has 2 heterocycles. The fourth-order valence-electron chi connectivity index (χ4n) is 1.82. The highest BCUT2D eigenvalue weighted by molar-refractivity contribution is 8.00. The SMILES string of the molecule is Cc1cc(C(=O)Nc2ccc3c(c2)NC(=O)CS3)on1. The molecular formula is C13H11N3O3S. The Morgan fingerprint density at radius 3 is 3.05 bits per heavy atom. The maximum atomic E-state index is 11.9. The Hall–Kier alpha value is -2.28. The quantitative estimate of drug-likeness (QED) is 0.886. The minimum Gasteiger partial charge on any atom is -0.351 e. The van der Waals surface area contributed by atoms with E-state index in [0.717, 1.165) is 4.90 Å². The number of nitrogens with one attached hydrogen (secondary N) is 2. The van der Waals surface area contributed by atoms with Crippen molar-refractivity contribution in [3.05, 3.63) is 35.7 Å². The molecule has 3 rings (SSSR count). The fraction of sp³-hybridized carbons (Fsp3) is 0.154. The van der Waals surface area contributed by atoms with Gasteiger partial charge in [0.1, 0.15) is 0 Å². The average molecular weight is 289 g/mol. The molecular weight excluding hydrogens is 278 g/mol. The van der Waals surface area contributed by atoms with Gasteiger partial charge in [-0.2, -0.15) is 0 Å². The summed E-state index contributed by atoms with van der Waals surface area (Å²) < 4.78 is 4.89. The fourth-order valence-corrected chi connectivity index (χ4v) is 2.61. The Kier molecular flexibility index (Phi) is 3.19. The van der Waals surface area contributed by atoms with Gasteiger partial charge >= 0.3 is 0 Å². The number of nitrogens with zero attached hydrogens (tertiary/aromatic N) is 1. The molecule has 0 bridgehead atoms. The van der Waals surface area contributed by atoms with E-state index in [2.05, 4.69) is 15.8 Å². The van der Waals surface area contributed by atoms with Gasteiger partial charge in [0.2, 0.25) is 11.7 Å². The zero-order chi connectivity index (χ0) is 14.1. The monoisotopic (exact) mass is 289 g/mol. The molecule has 1 aliphatic heterocycles. The van der Waals surface area contributed by atoms with E-state index in [-0.39, 0.29) is 17.6 Å². The zero-order valence-corrected chi connectivity index (χ0v) is 11.4.